The lowest BCUT2D eigenvalue weighted by Crippen LogP contribution is -2.33. The molecule has 1 heteroatoms. The third kappa shape index (κ3) is 1.77. The number of hydrogen-bond donors (Lipinski definition) is 1. The molecule has 0 aromatic heterocycles. The molecule has 18 heavy (non-hydrogen) atoms. The maximum Gasteiger partial charge on any atom is 0.0101 e. The van der Waals surface area contributed by atoms with E-state index in [1.807, 2.05) is 0 Å². The first kappa shape index (κ1) is 11.8. The highest BCUT2D eigenvalue weighted by atomic mass is 14.9. The van der Waals surface area contributed by atoms with Crippen molar-refractivity contribution in [2.24, 2.45) is 35.5 Å². The highest BCUT2D eigenvalue weighted by Gasteiger charge is 2.66. The van der Waals surface area contributed by atoms with Crippen LogP contribution in [0.4, 0.5) is 0 Å². The normalized spacial score (nSPS) is 48.2. The Morgan fingerprint density at radius 1 is 0.944 bits per heavy atom. The monoisotopic (exact) mass is 247 g/mol. The van der Waals surface area contributed by atoms with Crippen LogP contribution in [0.5, 0.6) is 0 Å². The summed E-state index contributed by atoms with van der Waals surface area (Å²) in [6.45, 7) is 0. The molecule has 0 heterocycles. The molecule has 4 saturated carbocycles. The molecule has 0 saturated heterocycles. The number of rotatable bonds is 4. The molecule has 0 amide bonds. The van der Waals surface area contributed by atoms with Crippen LogP contribution >= 0.6 is 0 Å². The zero-order chi connectivity index (χ0) is 12.1. The van der Waals surface area contributed by atoms with E-state index in [1.165, 1.54) is 38.5 Å². The van der Waals surface area contributed by atoms with E-state index in [4.69, 9.17) is 0 Å². The lowest BCUT2D eigenvalue weighted by molar-refractivity contribution is 0.269. The average Bonchev–Trinajstić information content (AvgIpc) is 2.84. The zero-order valence-corrected chi connectivity index (χ0v) is 11.9. The van der Waals surface area contributed by atoms with E-state index in [-0.39, 0.29) is 0 Å². The SMILES string of the molecule is CNC(CC1CCCCC1)C1C2C3CCC(C3)C21. The molecule has 0 aliphatic heterocycles. The van der Waals surface area contributed by atoms with Gasteiger partial charge in [0, 0.05) is 6.04 Å². The van der Waals surface area contributed by atoms with Crippen LogP contribution in [0.15, 0.2) is 0 Å². The van der Waals surface area contributed by atoms with E-state index >= 15 is 0 Å². The summed E-state index contributed by atoms with van der Waals surface area (Å²) in [5.74, 6) is 6.74. The molecule has 2 bridgehead atoms. The van der Waals surface area contributed by atoms with Crippen molar-refractivity contribution >= 4 is 0 Å². The Morgan fingerprint density at radius 2 is 1.61 bits per heavy atom. The summed E-state index contributed by atoms with van der Waals surface area (Å²) in [5, 5.41) is 3.71. The van der Waals surface area contributed by atoms with Crippen LogP contribution in [0.2, 0.25) is 0 Å². The maximum atomic E-state index is 3.71. The molecular weight excluding hydrogens is 218 g/mol. The van der Waals surface area contributed by atoms with Gasteiger partial charge in [-0.3, -0.25) is 0 Å². The molecule has 4 fully saturated rings. The molecule has 4 aliphatic carbocycles. The van der Waals surface area contributed by atoms with Crippen LogP contribution in [0, 0.1) is 35.5 Å². The van der Waals surface area contributed by atoms with Crippen LogP contribution in [-0.4, -0.2) is 13.1 Å². The van der Waals surface area contributed by atoms with Gasteiger partial charge < -0.3 is 5.32 Å². The molecule has 5 atom stereocenters. The van der Waals surface area contributed by atoms with Gasteiger partial charge in [-0.2, -0.15) is 0 Å². The summed E-state index contributed by atoms with van der Waals surface area (Å²) in [7, 11) is 2.23. The minimum atomic E-state index is 0.867. The molecule has 0 aromatic rings. The van der Waals surface area contributed by atoms with Crippen molar-refractivity contribution in [1.29, 1.82) is 0 Å². The predicted octanol–water partition coefficient (Wildman–Crippen LogP) is 3.84. The highest BCUT2D eigenvalue weighted by Crippen LogP contribution is 2.70. The quantitative estimate of drug-likeness (QED) is 0.796. The molecule has 1 nitrogen and oxygen atoms in total. The third-order valence-corrected chi connectivity index (χ3v) is 6.94. The van der Waals surface area contributed by atoms with Gasteiger partial charge in [0.2, 0.25) is 0 Å². The third-order valence-electron chi connectivity index (χ3n) is 6.94. The van der Waals surface area contributed by atoms with Gasteiger partial charge in [0.25, 0.3) is 0 Å². The number of nitrogens with one attached hydrogen (secondary N) is 1. The van der Waals surface area contributed by atoms with Crippen molar-refractivity contribution in [2.75, 3.05) is 7.05 Å². The fourth-order valence-corrected chi connectivity index (χ4v) is 6.18. The Hall–Kier alpha value is -0.0400. The first-order chi connectivity index (χ1) is 8.88. The minimum Gasteiger partial charge on any atom is -0.317 e. The summed E-state index contributed by atoms with van der Waals surface area (Å²) in [4.78, 5) is 0. The summed E-state index contributed by atoms with van der Waals surface area (Å²) in [6, 6.07) is 0.867. The van der Waals surface area contributed by atoms with Crippen molar-refractivity contribution in [1.82, 2.24) is 5.32 Å². The number of fused-ring (bicyclic) bond motifs is 5. The average molecular weight is 247 g/mol. The lowest BCUT2D eigenvalue weighted by Gasteiger charge is -2.28. The standard InChI is InChI=1S/C17H29N/c1-18-14(9-11-5-3-2-4-6-11)17-15-12-7-8-13(10-12)16(15)17/h11-18H,2-10H2,1H3. The van der Waals surface area contributed by atoms with Gasteiger partial charge in [-0.15, -0.1) is 0 Å². The van der Waals surface area contributed by atoms with Gasteiger partial charge in [0.1, 0.15) is 0 Å². The topological polar surface area (TPSA) is 12.0 Å². The Balaban J connectivity index is 1.38. The first-order valence-corrected chi connectivity index (χ1v) is 8.55. The summed E-state index contributed by atoms with van der Waals surface area (Å²) in [5.41, 5.74) is 0. The van der Waals surface area contributed by atoms with Crippen LogP contribution in [0.1, 0.15) is 57.8 Å². The van der Waals surface area contributed by atoms with Gasteiger partial charge >= 0.3 is 0 Å². The second kappa shape index (κ2) is 4.51. The summed E-state index contributed by atoms with van der Waals surface area (Å²) >= 11 is 0. The predicted molar refractivity (Wildman–Crippen MR) is 75.3 cm³/mol. The lowest BCUT2D eigenvalue weighted by atomic mass is 9.82. The van der Waals surface area contributed by atoms with Crippen LogP contribution in [-0.2, 0) is 0 Å². The van der Waals surface area contributed by atoms with Gasteiger partial charge in [-0.25, -0.2) is 0 Å². The minimum absolute atomic E-state index is 0.867. The Morgan fingerprint density at radius 3 is 2.22 bits per heavy atom. The second-order valence-electron chi connectivity index (χ2n) is 7.70. The fraction of sp³-hybridized carbons (Fsp3) is 1.00. The maximum absolute atomic E-state index is 3.71. The molecule has 5 unspecified atom stereocenters. The van der Waals surface area contributed by atoms with Crippen molar-refractivity contribution in [3.63, 3.8) is 0 Å². The summed E-state index contributed by atoms with van der Waals surface area (Å²) in [6.07, 6.45) is 13.8. The molecule has 0 radical (unpaired) electrons. The number of hydrogen-bond acceptors (Lipinski definition) is 1. The molecule has 4 aliphatic rings. The largest absolute Gasteiger partial charge is 0.317 e. The summed E-state index contributed by atoms with van der Waals surface area (Å²) < 4.78 is 0. The smallest absolute Gasteiger partial charge is 0.0101 e. The van der Waals surface area contributed by atoms with Gasteiger partial charge in [-0.05, 0) is 68.2 Å². The molecule has 102 valence electrons. The Labute approximate surface area is 112 Å². The molecule has 0 spiro atoms. The van der Waals surface area contributed by atoms with Crippen LogP contribution in [0.25, 0.3) is 0 Å². The second-order valence-corrected chi connectivity index (χ2v) is 7.70. The van der Waals surface area contributed by atoms with E-state index in [0.717, 1.165) is 41.5 Å². The van der Waals surface area contributed by atoms with Gasteiger partial charge in [0.15, 0.2) is 0 Å². The molecule has 1 N–H and O–H groups in total. The first-order valence-electron chi connectivity index (χ1n) is 8.55. The zero-order valence-electron chi connectivity index (χ0n) is 11.9. The molecule has 0 aromatic carbocycles. The van der Waals surface area contributed by atoms with Gasteiger partial charge in [-0.1, -0.05) is 32.1 Å². The fourth-order valence-electron chi connectivity index (χ4n) is 6.18. The van der Waals surface area contributed by atoms with Gasteiger partial charge in [0.05, 0.1) is 0 Å². The van der Waals surface area contributed by atoms with E-state index in [1.54, 1.807) is 19.3 Å². The van der Waals surface area contributed by atoms with Crippen molar-refractivity contribution in [3.05, 3.63) is 0 Å². The Bertz CT molecular complexity index is 291. The highest BCUT2D eigenvalue weighted by molar-refractivity contribution is 5.15. The van der Waals surface area contributed by atoms with E-state index < -0.39 is 0 Å². The van der Waals surface area contributed by atoms with E-state index in [9.17, 15) is 0 Å². The molecule has 4 rings (SSSR count). The van der Waals surface area contributed by atoms with E-state index in [2.05, 4.69) is 12.4 Å². The Kier molecular flexibility index (Phi) is 2.94. The van der Waals surface area contributed by atoms with Crippen LogP contribution < -0.4 is 5.32 Å². The van der Waals surface area contributed by atoms with Crippen LogP contribution in [0.3, 0.4) is 0 Å². The van der Waals surface area contributed by atoms with Crippen molar-refractivity contribution in [3.8, 4) is 0 Å². The van der Waals surface area contributed by atoms with Crippen molar-refractivity contribution in [2.45, 2.75) is 63.8 Å². The molecular formula is C17H29N. The van der Waals surface area contributed by atoms with E-state index in [0.29, 0.717) is 0 Å². The van der Waals surface area contributed by atoms with Crippen molar-refractivity contribution < 1.29 is 0 Å².